The fourth-order valence-electron chi connectivity index (χ4n) is 2.60. The van der Waals surface area contributed by atoms with Crippen LogP contribution in [0.25, 0.3) is 11.4 Å². The van der Waals surface area contributed by atoms with Crippen molar-refractivity contribution < 1.29 is 19.1 Å². The lowest BCUT2D eigenvalue weighted by atomic mass is 10.1. The van der Waals surface area contributed by atoms with Crippen LogP contribution in [0, 0.1) is 13.8 Å². The van der Waals surface area contributed by atoms with Gasteiger partial charge in [0.05, 0.1) is 6.54 Å². The highest BCUT2D eigenvalue weighted by Crippen LogP contribution is 2.22. The molecule has 166 valence electrons. The molecule has 0 aliphatic rings. The number of benzene rings is 2. The molecule has 3 rings (SSSR count). The quantitative estimate of drug-likeness (QED) is 0.495. The molecule has 10 nitrogen and oxygen atoms in total. The second-order valence-corrected chi connectivity index (χ2v) is 7.31. The first-order valence-corrected chi connectivity index (χ1v) is 10.0. The molecule has 0 saturated heterocycles. The van der Waals surface area contributed by atoms with E-state index in [0.717, 1.165) is 21.5 Å². The third-order valence-corrected chi connectivity index (χ3v) is 4.79. The number of aryl methyl sites for hydroxylation is 1. The van der Waals surface area contributed by atoms with Gasteiger partial charge in [0.25, 0.3) is 5.91 Å². The minimum absolute atomic E-state index is 0.285. The Morgan fingerprint density at radius 2 is 1.81 bits per heavy atom. The summed E-state index contributed by atoms with van der Waals surface area (Å²) in [6, 6.07) is 12.6. The van der Waals surface area contributed by atoms with Crippen LogP contribution in [0.5, 0.6) is 0 Å². The van der Waals surface area contributed by atoms with E-state index in [0.29, 0.717) is 16.5 Å². The largest absolute Gasteiger partial charge is 0.454 e. The first kappa shape index (κ1) is 22.9. The molecule has 1 heterocycles. The van der Waals surface area contributed by atoms with Gasteiger partial charge in [0.2, 0.25) is 11.7 Å². The summed E-state index contributed by atoms with van der Waals surface area (Å²) < 4.78 is 4.90. The number of hydrogen-bond donors (Lipinski definition) is 2. The Balaban J connectivity index is 1.40. The average molecular weight is 457 g/mol. The standard InChI is InChI=1S/C21H21ClN6O4/c1-13-6-8-15(9-7-13)21-25-27-28(26-21)11-20(31)32-12-19(30)23-10-18(29)24-17-5-3-4-16(22)14(17)2/h3-9H,10-12H2,1-2H3,(H,23,30)(H,24,29). The van der Waals surface area contributed by atoms with E-state index in [9.17, 15) is 14.4 Å². The molecule has 32 heavy (non-hydrogen) atoms. The number of halogens is 1. The number of aromatic nitrogens is 4. The number of tetrazole rings is 1. The van der Waals surface area contributed by atoms with Crippen molar-refractivity contribution in [2.75, 3.05) is 18.5 Å². The van der Waals surface area contributed by atoms with Crippen LogP contribution in [0.3, 0.4) is 0 Å². The van der Waals surface area contributed by atoms with Gasteiger partial charge in [-0.2, -0.15) is 4.80 Å². The lowest BCUT2D eigenvalue weighted by molar-refractivity contribution is -0.149. The minimum Gasteiger partial charge on any atom is -0.454 e. The molecule has 0 aliphatic carbocycles. The molecule has 0 fully saturated rings. The molecule has 2 amide bonds. The number of hydrogen-bond acceptors (Lipinski definition) is 7. The summed E-state index contributed by atoms with van der Waals surface area (Å²) in [7, 11) is 0. The van der Waals surface area contributed by atoms with Crippen LogP contribution in [-0.2, 0) is 25.7 Å². The third-order valence-electron chi connectivity index (χ3n) is 4.39. The van der Waals surface area contributed by atoms with Crippen LogP contribution >= 0.6 is 11.6 Å². The number of anilines is 1. The van der Waals surface area contributed by atoms with Gasteiger partial charge in [0.15, 0.2) is 13.2 Å². The van der Waals surface area contributed by atoms with E-state index in [-0.39, 0.29) is 13.1 Å². The van der Waals surface area contributed by atoms with Gasteiger partial charge in [0, 0.05) is 16.3 Å². The molecule has 11 heteroatoms. The van der Waals surface area contributed by atoms with E-state index in [1.807, 2.05) is 31.2 Å². The Hall–Kier alpha value is -3.79. The van der Waals surface area contributed by atoms with E-state index < -0.39 is 24.4 Å². The van der Waals surface area contributed by atoms with Crippen LogP contribution in [0.2, 0.25) is 5.02 Å². The van der Waals surface area contributed by atoms with Gasteiger partial charge in [-0.25, -0.2) is 4.79 Å². The van der Waals surface area contributed by atoms with Gasteiger partial charge >= 0.3 is 5.97 Å². The molecular weight excluding hydrogens is 436 g/mol. The van der Waals surface area contributed by atoms with Gasteiger partial charge in [0.1, 0.15) is 0 Å². The summed E-state index contributed by atoms with van der Waals surface area (Å²) in [6.45, 7) is 2.60. The van der Waals surface area contributed by atoms with E-state index >= 15 is 0 Å². The minimum atomic E-state index is -0.716. The number of amides is 2. The molecule has 0 bridgehead atoms. The molecule has 1 aromatic heterocycles. The van der Waals surface area contributed by atoms with Crippen molar-refractivity contribution >= 4 is 35.1 Å². The summed E-state index contributed by atoms with van der Waals surface area (Å²) >= 11 is 6.01. The summed E-state index contributed by atoms with van der Waals surface area (Å²) in [6.07, 6.45) is 0. The number of nitrogens with one attached hydrogen (secondary N) is 2. The van der Waals surface area contributed by atoms with Crippen molar-refractivity contribution in [3.63, 3.8) is 0 Å². The molecule has 0 aliphatic heterocycles. The predicted octanol–water partition coefficient (Wildman–Crippen LogP) is 1.91. The summed E-state index contributed by atoms with van der Waals surface area (Å²) in [5.74, 6) is -1.41. The molecule has 0 unspecified atom stereocenters. The van der Waals surface area contributed by atoms with E-state index in [1.54, 1.807) is 25.1 Å². The topological polar surface area (TPSA) is 128 Å². The van der Waals surface area contributed by atoms with E-state index in [2.05, 4.69) is 26.0 Å². The zero-order valence-corrected chi connectivity index (χ0v) is 18.2. The van der Waals surface area contributed by atoms with Gasteiger partial charge in [-0.15, -0.1) is 10.2 Å². The normalized spacial score (nSPS) is 10.5. The maximum absolute atomic E-state index is 12.0. The van der Waals surface area contributed by atoms with Crippen molar-refractivity contribution in [3.05, 3.63) is 58.6 Å². The van der Waals surface area contributed by atoms with Crippen molar-refractivity contribution in [2.24, 2.45) is 0 Å². The molecule has 3 aromatic rings. The zero-order chi connectivity index (χ0) is 23.1. The van der Waals surface area contributed by atoms with Crippen molar-refractivity contribution in [1.29, 1.82) is 0 Å². The van der Waals surface area contributed by atoms with Gasteiger partial charge in [-0.3, -0.25) is 9.59 Å². The monoisotopic (exact) mass is 456 g/mol. The number of carbonyl (C=O) groups is 3. The molecule has 2 aromatic carbocycles. The Kier molecular flexibility index (Phi) is 7.50. The highest BCUT2D eigenvalue weighted by Gasteiger charge is 2.13. The van der Waals surface area contributed by atoms with Crippen LogP contribution in [0.15, 0.2) is 42.5 Å². The van der Waals surface area contributed by atoms with E-state index in [4.69, 9.17) is 16.3 Å². The van der Waals surface area contributed by atoms with Crippen molar-refractivity contribution in [2.45, 2.75) is 20.4 Å². The Morgan fingerprint density at radius 3 is 2.56 bits per heavy atom. The first-order chi connectivity index (χ1) is 15.3. The molecule has 0 radical (unpaired) electrons. The number of rotatable bonds is 8. The predicted molar refractivity (Wildman–Crippen MR) is 117 cm³/mol. The fourth-order valence-corrected chi connectivity index (χ4v) is 2.78. The van der Waals surface area contributed by atoms with Crippen molar-refractivity contribution in [1.82, 2.24) is 25.5 Å². The van der Waals surface area contributed by atoms with Crippen LogP contribution < -0.4 is 10.6 Å². The third kappa shape index (κ3) is 6.35. The lowest BCUT2D eigenvalue weighted by Gasteiger charge is -2.10. The second-order valence-electron chi connectivity index (χ2n) is 6.91. The average Bonchev–Trinajstić information content (AvgIpc) is 3.23. The molecule has 0 saturated carbocycles. The maximum atomic E-state index is 12.0. The molecular formula is C21H21ClN6O4. The Morgan fingerprint density at radius 1 is 1.06 bits per heavy atom. The summed E-state index contributed by atoms with van der Waals surface area (Å²) in [5.41, 5.74) is 3.13. The summed E-state index contributed by atoms with van der Waals surface area (Å²) in [4.78, 5) is 36.9. The van der Waals surface area contributed by atoms with Gasteiger partial charge in [-0.05, 0) is 36.8 Å². The highest BCUT2D eigenvalue weighted by molar-refractivity contribution is 6.31. The Labute approximate surface area is 188 Å². The maximum Gasteiger partial charge on any atom is 0.330 e. The molecule has 0 atom stereocenters. The highest BCUT2D eigenvalue weighted by atomic mass is 35.5. The van der Waals surface area contributed by atoms with Gasteiger partial charge < -0.3 is 15.4 Å². The number of ether oxygens (including phenoxy) is 1. The second kappa shape index (κ2) is 10.5. The molecule has 0 spiro atoms. The smallest absolute Gasteiger partial charge is 0.330 e. The van der Waals surface area contributed by atoms with Crippen molar-refractivity contribution in [3.8, 4) is 11.4 Å². The number of carbonyl (C=O) groups excluding carboxylic acids is 3. The number of esters is 1. The lowest BCUT2D eigenvalue weighted by Crippen LogP contribution is -2.36. The zero-order valence-electron chi connectivity index (χ0n) is 17.5. The van der Waals surface area contributed by atoms with E-state index in [1.165, 1.54) is 0 Å². The van der Waals surface area contributed by atoms with Crippen LogP contribution in [-0.4, -0.2) is 51.1 Å². The van der Waals surface area contributed by atoms with Crippen LogP contribution in [0.1, 0.15) is 11.1 Å². The molecule has 2 N–H and O–H groups in total. The Bertz CT molecular complexity index is 1130. The SMILES string of the molecule is Cc1ccc(-c2nnn(CC(=O)OCC(=O)NCC(=O)Nc3cccc(Cl)c3C)n2)cc1. The summed E-state index contributed by atoms with van der Waals surface area (Å²) in [5, 5.41) is 17.4. The van der Waals surface area contributed by atoms with Gasteiger partial charge in [-0.1, -0.05) is 47.5 Å². The number of nitrogens with zero attached hydrogens (tertiary/aromatic N) is 4. The van der Waals surface area contributed by atoms with Crippen LogP contribution in [0.4, 0.5) is 5.69 Å². The fraction of sp³-hybridized carbons (Fsp3) is 0.238. The first-order valence-electron chi connectivity index (χ1n) is 9.64.